The average Bonchev–Trinajstić information content (AvgIpc) is 2.97. The van der Waals surface area contributed by atoms with Gasteiger partial charge in [-0.1, -0.05) is 11.3 Å². The maximum atomic E-state index is 12.3. The summed E-state index contributed by atoms with van der Waals surface area (Å²) in [6, 6.07) is 2.37. The highest BCUT2D eigenvalue weighted by molar-refractivity contribution is 7.91. The first kappa shape index (κ1) is 14.9. The van der Waals surface area contributed by atoms with Gasteiger partial charge in [0, 0.05) is 18.7 Å². The third-order valence-electron chi connectivity index (χ3n) is 3.23. The van der Waals surface area contributed by atoms with Crippen molar-refractivity contribution in [2.75, 3.05) is 18.1 Å². The second-order valence-corrected chi connectivity index (χ2v) is 7.83. The molecule has 2 rings (SSSR count). The minimum absolute atomic E-state index is 0.0277. The zero-order valence-corrected chi connectivity index (χ0v) is 12.4. The van der Waals surface area contributed by atoms with Crippen LogP contribution in [0.3, 0.4) is 0 Å². The number of nitrogens with zero attached hydrogens (tertiary/aromatic N) is 2. The minimum atomic E-state index is -3.07. The van der Waals surface area contributed by atoms with Crippen LogP contribution in [0.25, 0.3) is 0 Å². The lowest BCUT2D eigenvalue weighted by Gasteiger charge is -2.26. The maximum Gasteiger partial charge on any atom is 0.324 e. The van der Waals surface area contributed by atoms with Crippen molar-refractivity contribution in [1.29, 1.82) is 0 Å². The fourth-order valence-electron chi connectivity index (χ4n) is 2.27. The van der Waals surface area contributed by atoms with Crippen molar-refractivity contribution in [2.45, 2.75) is 19.4 Å². The minimum Gasteiger partial charge on any atom is -0.334 e. The summed E-state index contributed by atoms with van der Waals surface area (Å²) in [7, 11) is -3.07. The van der Waals surface area contributed by atoms with Gasteiger partial charge in [-0.2, -0.15) is 0 Å². The summed E-state index contributed by atoms with van der Waals surface area (Å²) in [4.78, 5) is 24.2. The van der Waals surface area contributed by atoms with Gasteiger partial charge in [0.15, 0.2) is 9.84 Å². The lowest BCUT2D eigenvalue weighted by atomic mass is 10.2. The Balaban J connectivity index is 2.19. The normalized spacial score (nSPS) is 20.8. The highest BCUT2D eigenvalue weighted by atomic mass is 32.2. The first-order valence-electron chi connectivity index (χ1n) is 6.09. The lowest BCUT2D eigenvalue weighted by molar-refractivity contribution is -0.380. The van der Waals surface area contributed by atoms with Crippen LogP contribution in [0.15, 0.2) is 12.1 Å². The Hall–Kier alpha value is -1.48. The summed E-state index contributed by atoms with van der Waals surface area (Å²) in [5, 5.41) is 10.5. The smallest absolute Gasteiger partial charge is 0.324 e. The van der Waals surface area contributed by atoms with Crippen LogP contribution in [0.5, 0.6) is 0 Å². The summed E-state index contributed by atoms with van der Waals surface area (Å²) >= 11 is 0.812. The largest absolute Gasteiger partial charge is 0.334 e. The molecular weight excluding hydrogens is 304 g/mol. The van der Waals surface area contributed by atoms with Crippen LogP contribution in [0, 0.1) is 10.1 Å². The molecule has 1 amide bonds. The molecule has 110 valence electrons. The predicted molar refractivity (Wildman–Crippen MR) is 74.7 cm³/mol. The van der Waals surface area contributed by atoms with Gasteiger partial charge < -0.3 is 4.90 Å². The Labute approximate surface area is 120 Å². The summed E-state index contributed by atoms with van der Waals surface area (Å²) in [5.74, 6) is -0.279. The molecule has 1 aliphatic heterocycles. The van der Waals surface area contributed by atoms with Crippen LogP contribution in [0.1, 0.15) is 23.0 Å². The number of hydrogen-bond acceptors (Lipinski definition) is 6. The standard InChI is InChI=1S/C11H14N2O5S2/c1-2-12(8-5-6-20(17,18)7-8)11(14)9-3-4-10(19-9)13(15)16/h3-4,8H,2,5-7H2,1H3. The number of carbonyl (C=O) groups is 1. The molecule has 2 heterocycles. The summed E-state index contributed by atoms with van der Waals surface area (Å²) in [5.41, 5.74) is 0. The van der Waals surface area contributed by atoms with Gasteiger partial charge in [0.05, 0.1) is 21.3 Å². The number of amides is 1. The van der Waals surface area contributed by atoms with E-state index in [1.165, 1.54) is 17.0 Å². The average molecular weight is 318 g/mol. The number of hydrogen-bond donors (Lipinski definition) is 0. The fourth-order valence-corrected chi connectivity index (χ4v) is 4.78. The summed E-state index contributed by atoms with van der Waals surface area (Å²) in [6.45, 7) is 2.15. The van der Waals surface area contributed by atoms with Gasteiger partial charge >= 0.3 is 5.00 Å². The molecule has 0 saturated carbocycles. The Morgan fingerprint density at radius 2 is 2.25 bits per heavy atom. The third kappa shape index (κ3) is 2.98. The topological polar surface area (TPSA) is 97.6 Å². The van der Waals surface area contributed by atoms with E-state index in [4.69, 9.17) is 0 Å². The van der Waals surface area contributed by atoms with Gasteiger partial charge in [0.25, 0.3) is 5.91 Å². The zero-order chi connectivity index (χ0) is 14.9. The highest BCUT2D eigenvalue weighted by Crippen LogP contribution is 2.27. The van der Waals surface area contributed by atoms with E-state index in [0.29, 0.717) is 13.0 Å². The predicted octanol–water partition coefficient (Wildman–Crippen LogP) is 1.31. The molecule has 7 nitrogen and oxygen atoms in total. The van der Waals surface area contributed by atoms with Gasteiger partial charge in [-0.05, 0) is 19.4 Å². The molecule has 0 radical (unpaired) electrons. The van der Waals surface area contributed by atoms with Crippen molar-refractivity contribution in [2.24, 2.45) is 0 Å². The molecule has 0 aliphatic carbocycles. The number of sulfone groups is 1. The van der Waals surface area contributed by atoms with Gasteiger partial charge in [-0.25, -0.2) is 8.42 Å². The monoisotopic (exact) mass is 318 g/mol. The van der Waals surface area contributed by atoms with Crippen molar-refractivity contribution < 1.29 is 18.1 Å². The van der Waals surface area contributed by atoms with Crippen molar-refractivity contribution in [3.05, 3.63) is 27.1 Å². The second kappa shape index (κ2) is 5.49. The molecule has 0 aromatic carbocycles. The molecular formula is C11H14N2O5S2. The summed E-state index contributed by atoms with van der Waals surface area (Å²) in [6.07, 6.45) is 0.426. The van der Waals surface area contributed by atoms with E-state index in [1.54, 1.807) is 6.92 Å². The van der Waals surface area contributed by atoms with Crippen LogP contribution in [-0.4, -0.2) is 48.2 Å². The van der Waals surface area contributed by atoms with Crippen molar-refractivity contribution in [1.82, 2.24) is 4.90 Å². The number of nitro groups is 1. The molecule has 0 bridgehead atoms. The molecule has 1 fully saturated rings. The first-order valence-corrected chi connectivity index (χ1v) is 8.73. The van der Waals surface area contributed by atoms with Crippen LogP contribution in [-0.2, 0) is 9.84 Å². The lowest BCUT2D eigenvalue weighted by Crippen LogP contribution is -2.40. The fraction of sp³-hybridized carbons (Fsp3) is 0.545. The van der Waals surface area contributed by atoms with E-state index in [-0.39, 0.29) is 33.3 Å². The van der Waals surface area contributed by atoms with E-state index in [0.717, 1.165) is 11.3 Å². The SMILES string of the molecule is CCN(C(=O)c1ccc([N+](=O)[O-])s1)C1CCS(=O)(=O)C1. The van der Waals surface area contributed by atoms with Crippen LogP contribution in [0.2, 0.25) is 0 Å². The zero-order valence-electron chi connectivity index (χ0n) is 10.8. The van der Waals surface area contributed by atoms with Crippen LogP contribution in [0.4, 0.5) is 5.00 Å². The highest BCUT2D eigenvalue weighted by Gasteiger charge is 2.34. The second-order valence-electron chi connectivity index (χ2n) is 4.54. The number of thiophene rings is 1. The van der Waals surface area contributed by atoms with Crippen molar-refractivity contribution in [3.8, 4) is 0 Å². The van der Waals surface area contributed by atoms with Crippen molar-refractivity contribution >= 4 is 32.1 Å². The molecule has 1 aromatic rings. The number of rotatable bonds is 4. The van der Waals surface area contributed by atoms with E-state index < -0.39 is 14.8 Å². The van der Waals surface area contributed by atoms with Gasteiger partial charge in [-0.3, -0.25) is 14.9 Å². The molecule has 1 aliphatic rings. The Morgan fingerprint density at radius 1 is 1.55 bits per heavy atom. The van der Waals surface area contributed by atoms with E-state index in [2.05, 4.69) is 0 Å². The van der Waals surface area contributed by atoms with Crippen molar-refractivity contribution in [3.63, 3.8) is 0 Å². The van der Waals surface area contributed by atoms with Gasteiger partial charge in [-0.15, -0.1) is 0 Å². The quantitative estimate of drug-likeness (QED) is 0.616. The molecule has 20 heavy (non-hydrogen) atoms. The van der Waals surface area contributed by atoms with Gasteiger partial charge in [0.2, 0.25) is 0 Å². The van der Waals surface area contributed by atoms with Crippen LogP contribution < -0.4 is 0 Å². The van der Waals surface area contributed by atoms with Crippen LogP contribution >= 0.6 is 11.3 Å². The molecule has 1 saturated heterocycles. The summed E-state index contributed by atoms with van der Waals surface area (Å²) < 4.78 is 23.0. The molecule has 1 unspecified atom stereocenters. The molecule has 0 spiro atoms. The maximum absolute atomic E-state index is 12.3. The molecule has 0 N–H and O–H groups in total. The van der Waals surface area contributed by atoms with E-state index >= 15 is 0 Å². The van der Waals surface area contributed by atoms with Gasteiger partial charge in [0.1, 0.15) is 0 Å². The molecule has 1 atom stereocenters. The molecule has 1 aromatic heterocycles. The number of carbonyl (C=O) groups excluding carboxylic acids is 1. The first-order chi connectivity index (χ1) is 9.34. The Kier molecular flexibility index (Phi) is 4.09. The third-order valence-corrected chi connectivity index (χ3v) is 6.01. The Morgan fingerprint density at radius 3 is 2.70 bits per heavy atom. The van der Waals surface area contributed by atoms with E-state index in [1.807, 2.05) is 0 Å². The van der Waals surface area contributed by atoms with E-state index in [9.17, 15) is 23.3 Å². The Bertz CT molecular complexity index is 637. The molecule has 9 heteroatoms.